The van der Waals surface area contributed by atoms with Gasteiger partial charge in [-0.3, -0.25) is 0 Å². The first-order valence-electron chi connectivity index (χ1n) is 8.74. The smallest absolute Gasteiger partial charge is 0.210 e. The Bertz CT molecular complexity index is 1240. The van der Waals surface area contributed by atoms with Gasteiger partial charge in [0.05, 0.1) is 12.0 Å². The lowest BCUT2D eigenvalue weighted by atomic mass is 10.2. The van der Waals surface area contributed by atoms with Crippen LogP contribution in [0.1, 0.15) is 5.56 Å². The van der Waals surface area contributed by atoms with Crippen LogP contribution in [0.5, 0.6) is 11.5 Å². The van der Waals surface area contributed by atoms with Crippen LogP contribution in [0.2, 0.25) is 0 Å². The van der Waals surface area contributed by atoms with Gasteiger partial charge in [0.15, 0.2) is 0 Å². The molecule has 4 aromatic rings. The van der Waals surface area contributed by atoms with Crippen molar-refractivity contribution in [1.29, 1.82) is 0 Å². The molecule has 0 spiro atoms. The summed E-state index contributed by atoms with van der Waals surface area (Å²) in [6.07, 6.45) is 1.94. The third-order valence-corrected chi connectivity index (χ3v) is 6.52. The molecule has 0 radical (unpaired) electrons. The van der Waals surface area contributed by atoms with Crippen LogP contribution in [0, 0.1) is 0 Å². The van der Waals surface area contributed by atoms with E-state index in [-0.39, 0.29) is 15.5 Å². The maximum atomic E-state index is 13.0. The van der Waals surface area contributed by atoms with E-state index in [1.54, 1.807) is 37.4 Å². The van der Waals surface area contributed by atoms with Gasteiger partial charge in [0.1, 0.15) is 16.4 Å². The summed E-state index contributed by atoms with van der Waals surface area (Å²) in [5, 5.41) is 10.9. The number of aromatic nitrogens is 1. The highest BCUT2D eigenvalue weighted by molar-refractivity contribution is 7.91. The molecule has 0 atom stereocenters. The molecule has 0 bridgehead atoms. The van der Waals surface area contributed by atoms with E-state index in [1.165, 1.54) is 12.1 Å². The SMILES string of the molecule is COc1ccc(Cn2ccc3ccc(S(=O)(=O)c4ccccc4O)cc32)cc1. The van der Waals surface area contributed by atoms with Crippen molar-refractivity contribution in [2.45, 2.75) is 16.3 Å². The molecule has 0 aliphatic heterocycles. The predicted octanol–water partition coefficient (Wildman–Crippen LogP) is 4.24. The van der Waals surface area contributed by atoms with Crippen molar-refractivity contribution in [3.63, 3.8) is 0 Å². The van der Waals surface area contributed by atoms with Crippen molar-refractivity contribution >= 4 is 20.7 Å². The summed E-state index contributed by atoms with van der Waals surface area (Å²) in [5.41, 5.74) is 1.89. The highest BCUT2D eigenvalue weighted by Crippen LogP contribution is 2.30. The van der Waals surface area contributed by atoms with Crippen LogP contribution < -0.4 is 4.74 Å². The molecule has 0 amide bonds. The number of nitrogens with zero attached hydrogens (tertiary/aromatic N) is 1. The van der Waals surface area contributed by atoms with Crippen molar-refractivity contribution in [1.82, 2.24) is 4.57 Å². The number of methoxy groups -OCH3 is 1. The molecular formula is C22H19NO4S. The van der Waals surface area contributed by atoms with Gasteiger partial charge in [-0.05, 0) is 53.4 Å². The van der Waals surface area contributed by atoms with E-state index in [0.29, 0.717) is 6.54 Å². The second-order valence-corrected chi connectivity index (χ2v) is 8.40. The Morgan fingerprint density at radius 1 is 0.964 bits per heavy atom. The number of phenolic OH excluding ortho intramolecular Hbond substituents is 1. The summed E-state index contributed by atoms with van der Waals surface area (Å²) in [4.78, 5) is 0.0544. The summed E-state index contributed by atoms with van der Waals surface area (Å²) < 4.78 is 33.1. The van der Waals surface area contributed by atoms with Gasteiger partial charge < -0.3 is 14.4 Å². The minimum absolute atomic E-state index is 0.0948. The van der Waals surface area contributed by atoms with E-state index >= 15 is 0 Å². The largest absolute Gasteiger partial charge is 0.507 e. The highest BCUT2D eigenvalue weighted by atomic mass is 32.2. The minimum atomic E-state index is -3.82. The highest BCUT2D eigenvalue weighted by Gasteiger charge is 2.21. The Morgan fingerprint density at radius 2 is 1.71 bits per heavy atom. The van der Waals surface area contributed by atoms with Gasteiger partial charge in [-0.15, -0.1) is 0 Å². The van der Waals surface area contributed by atoms with Crippen molar-refractivity contribution in [2.24, 2.45) is 0 Å². The average Bonchev–Trinajstić information content (AvgIpc) is 3.11. The van der Waals surface area contributed by atoms with Gasteiger partial charge in [-0.1, -0.05) is 30.3 Å². The van der Waals surface area contributed by atoms with E-state index in [4.69, 9.17) is 4.74 Å². The number of sulfone groups is 1. The molecule has 5 nitrogen and oxygen atoms in total. The zero-order valence-corrected chi connectivity index (χ0v) is 16.1. The van der Waals surface area contributed by atoms with E-state index in [2.05, 4.69) is 0 Å². The molecule has 28 heavy (non-hydrogen) atoms. The predicted molar refractivity (Wildman–Crippen MR) is 108 cm³/mol. The number of aromatic hydroxyl groups is 1. The molecule has 1 N–H and O–H groups in total. The molecule has 0 saturated heterocycles. The lowest BCUT2D eigenvalue weighted by Gasteiger charge is -2.10. The first kappa shape index (κ1) is 18.1. The third kappa shape index (κ3) is 3.23. The Balaban J connectivity index is 1.74. The zero-order valence-electron chi connectivity index (χ0n) is 15.2. The lowest BCUT2D eigenvalue weighted by molar-refractivity contribution is 0.414. The Hall–Kier alpha value is -3.25. The number of para-hydroxylation sites is 1. The fraction of sp³-hybridized carbons (Fsp3) is 0.0909. The Morgan fingerprint density at radius 3 is 2.43 bits per heavy atom. The first-order valence-corrected chi connectivity index (χ1v) is 10.2. The third-order valence-electron chi connectivity index (χ3n) is 4.72. The summed E-state index contributed by atoms with van der Waals surface area (Å²) in [6, 6.07) is 20.7. The Labute approximate surface area is 163 Å². The van der Waals surface area contributed by atoms with Crippen LogP contribution in [0.15, 0.2) is 88.8 Å². The van der Waals surface area contributed by atoms with E-state index in [9.17, 15) is 13.5 Å². The molecule has 6 heteroatoms. The van der Waals surface area contributed by atoms with Crippen LogP contribution >= 0.6 is 0 Å². The van der Waals surface area contributed by atoms with Gasteiger partial charge in [-0.25, -0.2) is 8.42 Å². The van der Waals surface area contributed by atoms with Gasteiger partial charge in [0.2, 0.25) is 9.84 Å². The number of fused-ring (bicyclic) bond motifs is 1. The number of phenols is 1. The fourth-order valence-corrected chi connectivity index (χ4v) is 4.58. The molecular weight excluding hydrogens is 374 g/mol. The molecule has 0 unspecified atom stereocenters. The first-order chi connectivity index (χ1) is 13.5. The maximum absolute atomic E-state index is 13.0. The standard InChI is InChI=1S/C22H19NO4S/c1-27-18-9-6-16(7-10-18)15-23-13-12-17-8-11-19(14-20(17)23)28(25,26)22-5-3-2-4-21(22)24/h2-14,24H,15H2,1H3. The van der Waals surface area contributed by atoms with Crippen molar-refractivity contribution in [2.75, 3.05) is 7.11 Å². The van der Waals surface area contributed by atoms with Gasteiger partial charge in [0.25, 0.3) is 0 Å². The number of rotatable bonds is 5. The number of hydrogen-bond donors (Lipinski definition) is 1. The second kappa shape index (κ2) is 7.05. The molecule has 4 rings (SSSR count). The average molecular weight is 393 g/mol. The van der Waals surface area contributed by atoms with E-state index in [0.717, 1.165) is 22.2 Å². The summed E-state index contributed by atoms with van der Waals surface area (Å²) in [6.45, 7) is 0.605. The van der Waals surface area contributed by atoms with Gasteiger partial charge in [0, 0.05) is 18.3 Å². The zero-order chi connectivity index (χ0) is 19.7. The Kier molecular flexibility index (Phi) is 4.57. The molecule has 0 aliphatic carbocycles. The van der Waals surface area contributed by atoms with Crippen molar-refractivity contribution < 1.29 is 18.3 Å². The summed E-state index contributed by atoms with van der Waals surface area (Å²) >= 11 is 0. The van der Waals surface area contributed by atoms with Crippen molar-refractivity contribution in [3.05, 3.63) is 84.6 Å². The van der Waals surface area contributed by atoms with Crippen LogP contribution in [0.25, 0.3) is 10.9 Å². The molecule has 1 heterocycles. The molecule has 0 aliphatic rings. The van der Waals surface area contributed by atoms with E-state index < -0.39 is 9.84 Å². The van der Waals surface area contributed by atoms with Crippen LogP contribution in [0.4, 0.5) is 0 Å². The van der Waals surface area contributed by atoms with Gasteiger partial charge in [-0.2, -0.15) is 0 Å². The molecule has 3 aromatic carbocycles. The topological polar surface area (TPSA) is 68.5 Å². The lowest BCUT2D eigenvalue weighted by Crippen LogP contribution is -2.03. The van der Waals surface area contributed by atoms with Crippen LogP contribution in [0.3, 0.4) is 0 Å². The fourth-order valence-electron chi connectivity index (χ4n) is 3.21. The van der Waals surface area contributed by atoms with Crippen LogP contribution in [-0.2, 0) is 16.4 Å². The summed E-state index contributed by atoms with van der Waals surface area (Å²) in [7, 11) is -2.19. The summed E-state index contributed by atoms with van der Waals surface area (Å²) in [5.74, 6) is 0.536. The molecule has 0 fully saturated rings. The molecule has 1 aromatic heterocycles. The quantitative estimate of drug-likeness (QED) is 0.551. The monoisotopic (exact) mass is 393 g/mol. The van der Waals surface area contributed by atoms with Crippen LogP contribution in [-0.4, -0.2) is 25.2 Å². The normalized spacial score (nSPS) is 11.6. The number of ether oxygens (including phenoxy) is 1. The van der Waals surface area contributed by atoms with Crippen molar-refractivity contribution in [3.8, 4) is 11.5 Å². The molecule has 142 valence electrons. The maximum Gasteiger partial charge on any atom is 0.210 e. The second-order valence-electron chi connectivity index (χ2n) is 6.48. The minimum Gasteiger partial charge on any atom is -0.507 e. The molecule has 0 saturated carbocycles. The number of benzene rings is 3. The van der Waals surface area contributed by atoms with E-state index in [1.807, 2.05) is 41.1 Å². The number of hydrogen-bond acceptors (Lipinski definition) is 4. The van der Waals surface area contributed by atoms with Gasteiger partial charge >= 0.3 is 0 Å².